The summed E-state index contributed by atoms with van der Waals surface area (Å²) in [5, 5.41) is 9.90. The number of aromatic nitrogens is 2. The molecule has 4 nitrogen and oxygen atoms in total. The molecule has 70 heavy (non-hydrogen) atoms. The lowest BCUT2D eigenvalue weighted by Crippen LogP contribution is -2.09. The van der Waals surface area contributed by atoms with Gasteiger partial charge >= 0.3 is 0 Å². The van der Waals surface area contributed by atoms with E-state index in [9.17, 15) is 0 Å². The number of allylic oxidation sites excluding steroid dienone is 4. The minimum absolute atomic E-state index is 0.892. The van der Waals surface area contributed by atoms with Gasteiger partial charge in [-0.1, -0.05) is 158 Å². The molecule has 0 amide bonds. The monoisotopic (exact) mass is 893 g/mol. The number of fused-ring (bicyclic) bond motifs is 12. The molecule has 0 unspecified atom stereocenters. The van der Waals surface area contributed by atoms with Crippen LogP contribution in [0.25, 0.3) is 116 Å². The summed E-state index contributed by atoms with van der Waals surface area (Å²) in [7, 11) is 0. The van der Waals surface area contributed by atoms with E-state index in [-0.39, 0.29) is 0 Å². The van der Waals surface area contributed by atoms with E-state index in [1.54, 1.807) is 0 Å². The maximum atomic E-state index is 6.27. The lowest BCUT2D eigenvalue weighted by Gasteiger charge is -2.26. The minimum atomic E-state index is 0.892. The van der Waals surface area contributed by atoms with Gasteiger partial charge in [-0.05, 0) is 124 Å². The van der Waals surface area contributed by atoms with Crippen LogP contribution in [0.2, 0.25) is 0 Å². The van der Waals surface area contributed by atoms with Crippen molar-refractivity contribution in [2.45, 2.75) is 0 Å². The van der Waals surface area contributed by atoms with Crippen LogP contribution in [0.5, 0.6) is 0 Å². The molecular weight excluding hydrogens is 851 g/mol. The van der Waals surface area contributed by atoms with E-state index in [1.807, 2.05) is 18.2 Å². The van der Waals surface area contributed by atoms with Crippen molar-refractivity contribution in [3.63, 3.8) is 0 Å². The summed E-state index contributed by atoms with van der Waals surface area (Å²) in [6, 6.07) is 80.9. The third-order valence-electron chi connectivity index (χ3n) is 14.3. The van der Waals surface area contributed by atoms with Gasteiger partial charge in [0, 0.05) is 66.4 Å². The minimum Gasteiger partial charge on any atom is -0.456 e. The summed E-state index contributed by atoms with van der Waals surface area (Å²) in [5.74, 6) is 0. The largest absolute Gasteiger partial charge is 0.456 e. The lowest BCUT2D eigenvalue weighted by molar-refractivity contribution is 0.669. The summed E-state index contributed by atoms with van der Waals surface area (Å²) in [4.78, 5) is 2.33. The van der Waals surface area contributed by atoms with E-state index in [4.69, 9.17) is 4.42 Å². The molecule has 0 bridgehead atoms. The van der Waals surface area contributed by atoms with Crippen molar-refractivity contribution in [1.82, 2.24) is 8.97 Å². The first-order chi connectivity index (χ1) is 34.7. The number of hydrogen-bond donors (Lipinski definition) is 0. The molecule has 0 radical (unpaired) electrons. The molecule has 0 saturated carbocycles. The Labute approximate surface area is 404 Å². The highest BCUT2D eigenvalue weighted by atomic mass is 16.3. The first-order valence-electron chi connectivity index (χ1n) is 23.9. The zero-order valence-electron chi connectivity index (χ0n) is 38.1. The molecule has 0 aliphatic rings. The quantitative estimate of drug-likeness (QED) is 0.135. The van der Waals surface area contributed by atoms with Crippen LogP contribution in [0.15, 0.2) is 254 Å². The second-order valence-corrected chi connectivity index (χ2v) is 18.1. The number of nitrogens with zero attached hydrogens (tertiary/aromatic N) is 3. The fourth-order valence-corrected chi connectivity index (χ4v) is 11.0. The maximum absolute atomic E-state index is 6.27. The number of hydrogen-bond acceptors (Lipinski definition) is 2. The number of rotatable bonds is 9. The smallest absolute Gasteiger partial charge is 0.136 e. The van der Waals surface area contributed by atoms with Gasteiger partial charge in [0.25, 0.3) is 0 Å². The highest BCUT2D eigenvalue weighted by Crippen LogP contribution is 2.42. The van der Waals surface area contributed by atoms with E-state index in [2.05, 4.69) is 251 Å². The predicted molar refractivity (Wildman–Crippen MR) is 297 cm³/mol. The molecule has 0 saturated heterocycles. The van der Waals surface area contributed by atoms with Crippen molar-refractivity contribution >= 4 is 111 Å². The van der Waals surface area contributed by atoms with Gasteiger partial charge in [-0.2, -0.15) is 0 Å². The second kappa shape index (κ2) is 15.9. The van der Waals surface area contributed by atoms with E-state index >= 15 is 0 Å². The van der Waals surface area contributed by atoms with Gasteiger partial charge in [-0.3, -0.25) is 0 Å². The van der Waals surface area contributed by atoms with E-state index < -0.39 is 0 Å². The highest BCUT2D eigenvalue weighted by molar-refractivity contribution is 6.23. The fraction of sp³-hybridized carbons (Fsp3) is 0. The number of furan rings is 1. The molecule has 14 aromatic rings. The molecule has 4 heterocycles. The van der Waals surface area contributed by atoms with E-state index in [0.717, 1.165) is 61.3 Å². The summed E-state index contributed by atoms with van der Waals surface area (Å²) in [6.45, 7) is 4.22. The van der Waals surface area contributed by atoms with Crippen LogP contribution in [0.1, 0.15) is 5.56 Å². The van der Waals surface area contributed by atoms with Gasteiger partial charge < -0.3 is 18.3 Å². The standard InChI is InChI=1S/C66H43N3O/c1-2-43(13-12-40-67-60-20-7-3-14-52(60)53-15-4-8-21-61(53)67)44-24-32-49(33-25-44)68(51-36-28-46(29-37-51)48-30-38-56-55-17-6-10-23-64(55)70-65(56)42-48)50-34-26-45(27-35-50)47-31-39-63-59(41-47)58-19-11-18-57-54-16-5-9-22-62(54)69(63)66(57)58/h2-42H,1H2/b40-12+,43-13+. The number of benzene rings is 10. The fourth-order valence-electron chi connectivity index (χ4n) is 11.0. The lowest BCUT2D eigenvalue weighted by atomic mass is 10.0. The van der Waals surface area contributed by atoms with Gasteiger partial charge in [0.15, 0.2) is 0 Å². The Morgan fingerprint density at radius 3 is 1.54 bits per heavy atom. The maximum Gasteiger partial charge on any atom is 0.136 e. The van der Waals surface area contributed by atoms with Crippen LogP contribution in [0, 0.1) is 0 Å². The Hall–Kier alpha value is -9.38. The van der Waals surface area contributed by atoms with Crippen LogP contribution in [0.4, 0.5) is 17.1 Å². The Kier molecular flexibility index (Phi) is 9.01. The molecule has 0 aliphatic heterocycles. The van der Waals surface area contributed by atoms with Gasteiger partial charge in [-0.15, -0.1) is 0 Å². The Balaban J connectivity index is 0.820. The Bertz CT molecular complexity index is 4350. The van der Waals surface area contributed by atoms with Crippen LogP contribution < -0.4 is 4.90 Å². The van der Waals surface area contributed by atoms with Crippen molar-refractivity contribution in [3.05, 3.63) is 255 Å². The molecule has 14 rings (SSSR count). The van der Waals surface area contributed by atoms with Crippen molar-refractivity contribution in [2.75, 3.05) is 4.90 Å². The molecule has 0 N–H and O–H groups in total. The first kappa shape index (κ1) is 39.8. The molecule has 0 atom stereocenters. The van der Waals surface area contributed by atoms with Crippen LogP contribution >= 0.6 is 0 Å². The zero-order valence-corrected chi connectivity index (χ0v) is 38.1. The molecule has 10 aromatic carbocycles. The average molecular weight is 894 g/mol. The van der Waals surface area contributed by atoms with Crippen LogP contribution in [-0.2, 0) is 0 Å². The SMILES string of the molecule is C=C/C(=C\C=C\n1c2ccccc2c2ccccc21)c1ccc(N(c2ccc(-c3ccc4c(c3)oc3ccccc34)cc2)c2ccc(-c3ccc4c(c3)c3cccc5c6ccccc6n4c53)cc2)cc1. The number of anilines is 3. The van der Waals surface area contributed by atoms with Crippen molar-refractivity contribution in [2.24, 2.45) is 0 Å². The van der Waals surface area contributed by atoms with Crippen molar-refractivity contribution in [1.29, 1.82) is 0 Å². The van der Waals surface area contributed by atoms with Crippen molar-refractivity contribution < 1.29 is 4.42 Å². The third-order valence-corrected chi connectivity index (χ3v) is 14.3. The molecule has 0 aliphatic carbocycles. The predicted octanol–water partition coefficient (Wildman–Crippen LogP) is 18.4. The van der Waals surface area contributed by atoms with Crippen molar-refractivity contribution in [3.8, 4) is 22.3 Å². The second-order valence-electron chi connectivity index (χ2n) is 18.1. The summed E-state index contributed by atoms with van der Waals surface area (Å²) < 4.78 is 11.0. The van der Waals surface area contributed by atoms with Gasteiger partial charge in [0.2, 0.25) is 0 Å². The van der Waals surface area contributed by atoms with E-state index in [1.165, 1.54) is 71.0 Å². The first-order valence-corrected chi connectivity index (χ1v) is 23.9. The van der Waals surface area contributed by atoms with E-state index in [0.29, 0.717) is 0 Å². The van der Waals surface area contributed by atoms with Crippen LogP contribution in [0.3, 0.4) is 0 Å². The molecule has 328 valence electrons. The van der Waals surface area contributed by atoms with Gasteiger partial charge in [-0.25, -0.2) is 0 Å². The third kappa shape index (κ3) is 6.24. The molecule has 4 aromatic heterocycles. The normalized spacial score (nSPS) is 12.4. The van der Waals surface area contributed by atoms with Gasteiger partial charge in [0.05, 0.1) is 27.6 Å². The summed E-state index contributed by atoms with van der Waals surface area (Å²) in [6.07, 6.45) is 8.34. The zero-order chi connectivity index (χ0) is 46.3. The van der Waals surface area contributed by atoms with Crippen LogP contribution in [-0.4, -0.2) is 8.97 Å². The molecule has 0 fully saturated rings. The summed E-state index contributed by atoms with van der Waals surface area (Å²) >= 11 is 0. The summed E-state index contributed by atoms with van der Waals surface area (Å²) in [5.41, 5.74) is 17.8. The topological polar surface area (TPSA) is 25.7 Å². The molecular formula is C66H43N3O. The van der Waals surface area contributed by atoms with Gasteiger partial charge in [0.1, 0.15) is 11.2 Å². The number of para-hydroxylation sites is 5. The average Bonchev–Trinajstić information content (AvgIpc) is 4.16. The molecule has 0 spiro atoms. The highest BCUT2D eigenvalue weighted by Gasteiger charge is 2.19. The Morgan fingerprint density at radius 1 is 0.400 bits per heavy atom. The molecule has 4 heteroatoms. The Morgan fingerprint density at radius 2 is 0.886 bits per heavy atom.